The molecule has 0 spiro atoms. The Kier molecular flexibility index (Phi) is 5.42. The highest BCUT2D eigenvalue weighted by atomic mass is 16.2. The van der Waals surface area contributed by atoms with E-state index in [-0.39, 0.29) is 36.2 Å². The maximum absolute atomic E-state index is 11.9. The van der Waals surface area contributed by atoms with Crippen molar-refractivity contribution >= 4 is 23.4 Å². The molecule has 0 aromatic heterocycles. The zero-order valence-corrected chi connectivity index (χ0v) is 12.4. The van der Waals surface area contributed by atoms with E-state index in [0.29, 0.717) is 0 Å². The van der Waals surface area contributed by atoms with Crippen LogP contribution in [0.15, 0.2) is 0 Å². The second-order valence-corrected chi connectivity index (χ2v) is 5.60. The van der Waals surface area contributed by atoms with Gasteiger partial charge in [-0.15, -0.1) is 0 Å². The number of hydrogen-bond acceptors (Lipinski definition) is 4. The van der Waals surface area contributed by atoms with Gasteiger partial charge in [0.2, 0.25) is 11.8 Å². The molecule has 6 heteroatoms. The molecule has 112 valence electrons. The lowest BCUT2D eigenvalue weighted by Gasteiger charge is -2.22. The molecule has 1 heterocycles. The van der Waals surface area contributed by atoms with E-state index in [1.807, 2.05) is 0 Å². The molecule has 4 atom stereocenters. The van der Waals surface area contributed by atoms with Crippen LogP contribution in [0.1, 0.15) is 40.5 Å². The first-order valence-corrected chi connectivity index (χ1v) is 6.88. The second kappa shape index (κ2) is 6.63. The summed E-state index contributed by atoms with van der Waals surface area (Å²) in [6.07, 6.45) is 0.0884. The summed E-state index contributed by atoms with van der Waals surface area (Å²) >= 11 is 0. The molecular weight excluding hydrogens is 260 g/mol. The largest absolute Gasteiger partial charge is 0.346 e. The van der Waals surface area contributed by atoms with E-state index < -0.39 is 23.9 Å². The van der Waals surface area contributed by atoms with Gasteiger partial charge in [-0.2, -0.15) is 0 Å². The smallest absolute Gasteiger partial charge is 0.223 e. The van der Waals surface area contributed by atoms with Crippen LogP contribution < -0.4 is 10.6 Å². The molecule has 1 fully saturated rings. The van der Waals surface area contributed by atoms with Gasteiger partial charge in [-0.3, -0.25) is 19.2 Å². The molecule has 0 aromatic rings. The molecule has 0 saturated carbocycles. The molecule has 0 bridgehead atoms. The highest BCUT2D eigenvalue weighted by Gasteiger charge is 2.28. The van der Waals surface area contributed by atoms with Crippen LogP contribution in [-0.4, -0.2) is 35.5 Å². The lowest BCUT2D eigenvalue weighted by Crippen LogP contribution is -2.47. The van der Waals surface area contributed by atoms with Crippen LogP contribution in [0.25, 0.3) is 0 Å². The molecule has 6 nitrogen and oxygen atoms in total. The molecule has 1 aliphatic heterocycles. The first kappa shape index (κ1) is 16.3. The van der Waals surface area contributed by atoms with Gasteiger partial charge in [-0.25, -0.2) is 0 Å². The van der Waals surface area contributed by atoms with Crippen molar-refractivity contribution in [1.29, 1.82) is 0 Å². The fraction of sp³-hybridized carbons (Fsp3) is 0.714. The Labute approximate surface area is 118 Å². The van der Waals surface area contributed by atoms with Gasteiger partial charge >= 0.3 is 0 Å². The summed E-state index contributed by atoms with van der Waals surface area (Å²) < 4.78 is 0. The first-order valence-electron chi connectivity index (χ1n) is 6.88. The molecule has 2 amide bonds. The minimum Gasteiger partial charge on any atom is -0.346 e. The molecule has 1 aliphatic rings. The minimum atomic E-state index is -0.646. The van der Waals surface area contributed by atoms with Crippen molar-refractivity contribution in [1.82, 2.24) is 10.6 Å². The normalized spacial score (nSPS) is 33.8. The number of hydrogen-bond donors (Lipinski definition) is 2. The summed E-state index contributed by atoms with van der Waals surface area (Å²) in [5.74, 6) is -2.04. The SMILES string of the molecule is C[C@@H]1CC(=O)[C@H](C)NC(=O)[C@H](C)CC(=O)[C@H](C)NC1=O. The first-order chi connectivity index (χ1) is 9.22. The molecule has 0 aliphatic carbocycles. The molecular formula is C14H22N2O4. The third-order valence-electron chi connectivity index (χ3n) is 3.59. The lowest BCUT2D eigenvalue weighted by atomic mass is 9.95. The van der Waals surface area contributed by atoms with Crippen LogP contribution in [0.4, 0.5) is 0 Å². The molecule has 1 saturated heterocycles. The van der Waals surface area contributed by atoms with Crippen molar-refractivity contribution in [2.75, 3.05) is 0 Å². The summed E-state index contributed by atoms with van der Waals surface area (Å²) in [5, 5.41) is 5.19. The van der Waals surface area contributed by atoms with Crippen molar-refractivity contribution in [2.24, 2.45) is 11.8 Å². The monoisotopic (exact) mass is 282 g/mol. The molecule has 0 unspecified atom stereocenters. The molecule has 0 radical (unpaired) electrons. The number of ketones is 2. The number of Topliss-reactive ketones (excluding diaryl/α,β-unsaturated/α-hetero) is 2. The number of amides is 2. The summed E-state index contributed by atoms with van der Waals surface area (Å²) in [6.45, 7) is 6.45. The predicted octanol–water partition coefficient (Wildman–Crippen LogP) is 0.200. The fourth-order valence-corrected chi connectivity index (χ4v) is 2.01. The van der Waals surface area contributed by atoms with Crippen molar-refractivity contribution in [3.8, 4) is 0 Å². The van der Waals surface area contributed by atoms with E-state index in [1.165, 1.54) is 0 Å². The third kappa shape index (κ3) is 4.15. The van der Waals surface area contributed by atoms with E-state index in [0.717, 1.165) is 0 Å². The highest BCUT2D eigenvalue weighted by Crippen LogP contribution is 2.11. The Morgan fingerprint density at radius 2 is 1.00 bits per heavy atom. The van der Waals surface area contributed by atoms with Crippen molar-refractivity contribution in [2.45, 2.75) is 52.6 Å². The van der Waals surface area contributed by atoms with Crippen molar-refractivity contribution in [3.63, 3.8) is 0 Å². The zero-order valence-electron chi connectivity index (χ0n) is 12.4. The maximum Gasteiger partial charge on any atom is 0.223 e. The van der Waals surface area contributed by atoms with Gasteiger partial charge in [-0.1, -0.05) is 13.8 Å². The Balaban J connectivity index is 2.92. The van der Waals surface area contributed by atoms with E-state index in [2.05, 4.69) is 10.6 Å². The Bertz CT molecular complexity index is 353. The minimum absolute atomic E-state index is 0.0442. The Morgan fingerprint density at radius 1 is 0.700 bits per heavy atom. The van der Waals surface area contributed by atoms with E-state index in [4.69, 9.17) is 0 Å². The topological polar surface area (TPSA) is 92.3 Å². The van der Waals surface area contributed by atoms with Gasteiger partial charge in [0, 0.05) is 24.7 Å². The number of rotatable bonds is 0. The van der Waals surface area contributed by atoms with Gasteiger partial charge in [0.25, 0.3) is 0 Å². The van der Waals surface area contributed by atoms with Gasteiger partial charge in [0.15, 0.2) is 11.6 Å². The molecule has 0 aromatic carbocycles. The van der Waals surface area contributed by atoms with Crippen LogP contribution >= 0.6 is 0 Å². The summed E-state index contributed by atoms with van der Waals surface area (Å²) in [5.41, 5.74) is 0. The summed E-state index contributed by atoms with van der Waals surface area (Å²) in [4.78, 5) is 47.6. The third-order valence-corrected chi connectivity index (χ3v) is 3.59. The molecule has 2 N–H and O–H groups in total. The van der Waals surface area contributed by atoms with Crippen molar-refractivity contribution in [3.05, 3.63) is 0 Å². The number of carbonyl (C=O) groups excluding carboxylic acids is 4. The average Bonchev–Trinajstić information content (AvgIpc) is 2.36. The van der Waals surface area contributed by atoms with E-state index >= 15 is 0 Å². The van der Waals surface area contributed by atoms with E-state index in [1.54, 1.807) is 27.7 Å². The Morgan fingerprint density at radius 3 is 1.30 bits per heavy atom. The quantitative estimate of drug-likeness (QED) is 0.664. The summed E-state index contributed by atoms with van der Waals surface area (Å²) in [7, 11) is 0. The zero-order chi connectivity index (χ0) is 15.4. The predicted molar refractivity (Wildman–Crippen MR) is 72.8 cm³/mol. The lowest BCUT2D eigenvalue weighted by molar-refractivity contribution is -0.135. The fourth-order valence-electron chi connectivity index (χ4n) is 2.01. The Hall–Kier alpha value is -1.72. The average molecular weight is 282 g/mol. The maximum atomic E-state index is 11.9. The second-order valence-electron chi connectivity index (χ2n) is 5.60. The van der Waals surface area contributed by atoms with Gasteiger partial charge in [0.05, 0.1) is 12.1 Å². The van der Waals surface area contributed by atoms with Crippen molar-refractivity contribution < 1.29 is 19.2 Å². The van der Waals surface area contributed by atoms with Crippen LogP contribution in [0.5, 0.6) is 0 Å². The van der Waals surface area contributed by atoms with Crippen LogP contribution in [0.3, 0.4) is 0 Å². The number of nitrogens with one attached hydrogen (secondary N) is 2. The van der Waals surface area contributed by atoms with Gasteiger partial charge < -0.3 is 10.6 Å². The number of carbonyl (C=O) groups is 4. The highest BCUT2D eigenvalue weighted by molar-refractivity contribution is 5.96. The van der Waals surface area contributed by atoms with E-state index in [9.17, 15) is 19.2 Å². The summed E-state index contributed by atoms with van der Waals surface area (Å²) in [6, 6.07) is -1.29. The van der Waals surface area contributed by atoms with Gasteiger partial charge in [0.1, 0.15) is 0 Å². The molecule has 20 heavy (non-hydrogen) atoms. The standard InChI is InChI=1S/C14H22N2O4/c1-7-5-11(17)9(3)16-14(20)8(2)6-12(18)10(4)15-13(7)19/h7-10H,5-6H2,1-4H3,(H,15,19)(H,16,20)/t7-,8-,9+,10+/m1/s1. The van der Waals surface area contributed by atoms with Crippen LogP contribution in [-0.2, 0) is 19.2 Å². The van der Waals surface area contributed by atoms with Crippen LogP contribution in [0, 0.1) is 11.8 Å². The molecule has 1 rings (SSSR count). The van der Waals surface area contributed by atoms with Gasteiger partial charge in [-0.05, 0) is 13.8 Å². The van der Waals surface area contributed by atoms with Crippen LogP contribution in [0.2, 0.25) is 0 Å².